The molecule has 1 heterocycles. The lowest BCUT2D eigenvalue weighted by molar-refractivity contribution is 0.395. The maximum Gasteiger partial charge on any atom is 0.131 e. The van der Waals surface area contributed by atoms with Crippen LogP contribution in [0.4, 0.5) is 0 Å². The van der Waals surface area contributed by atoms with E-state index in [9.17, 15) is 0 Å². The van der Waals surface area contributed by atoms with E-state index in [4.69, 9.17) is 9.47 Å². The number of hydrogen-bond acceptors (Lipinski definition) is 4. The molecule has 2 rings (SSSR count). The maximum absolute atomic E-state index is 5.43. The van der Waals surface area contributed by atoms with Crippen LogP contribution < -0.4 is 14.8 Å². The highest BCUT2D eigenvalue weighted by atomic mass is 16.5. The number of benzene rings is 1. The molecule has 5 heteroatoms. The van der Waals surface area contributed by atoms with E-state index in [1.807, 2.05) is 37.8 Å². The van der Waals surface area contributed by atoms with Crippen LogP contribution >= 0.6 is 0 Å². The second kappa shape index (κ2) is 6.24. The molecule has 0 fully saturated rings. The first-order chi connectivity index (χ1) is 9.30. The minimum atomic E-state index is 0.780. The molecule has 0 spiro atoms. The first kappa shape index (κ1) is 13.4. The van der Waals surface area contributed by atoms with E-state index in [-0.39, 0.29) is 0 Å². The van der Waals surface area contributed by atoms with Crippen LogP contribution in [-0.4, -0.2) is 37.4 Å². The molecular formula is C14H19N3O2. The Balaban J connectivity index is 2.38. The molecule has 1 aromatic carbocycles. The minimum absolute atomic E-state index is 0.780. The summed E-state index contributed by atoms with van der Waals surface area (Å²) < 4.78 is 12.7. The summed E-state index contributed by atoms with van der Waals surface area (Å²) in [5, 5.41) is 3.13. The monoisotopic (exact) mass is 261 g/mol. The van der Waals surface area contributed by atoms with E-state index in [1.165, 1.54) is 0 Å². The zero-order valence-corrected chi connectivity index (χ0v) is 11.5. The second-order valence-electron chi connectivity index (χ2n) is 4.14. The third kappa shape index (κ3) is 2.88. The van der Waals surface area contributed by atoms with Gasteiger partial charge in [-0.25, -0.2) is 4.98 Å². The van der Waals surface area contributed by atoms with E-state index >= 15 is 0 Å². The molecule has 0 atom stereocenters. The molecule has 19 heavy (non-hydrogen) atoms. The largest absolute Gasteiger partial charge is 0.497 e. The Hall–Kier alpha value is -2.01. The molecule has 0 amide bonds. The fraction of sp³-hybridized carbons (Fsp3) is 0.357. The first-order valence-electron chi connectivity index (χ1n) is 6.17. The highest BCUT2D eigenvalue weighted by Crippen LogP contribution is 2.32. The van der Waals surface area contributed by atoms with Gasteiger partial charge >= 0.3 is 0 Å². The molecule has 0 bridgehead atoms. The van der Waals surface area contributed by atoms with Crippen molar-refractivity contribution in [2.75, 3.05) is 27.8 Å². The highest BCUT2D eigenvalue weighted by Gasteiger charge is 2.11. The number of methoxy groups -OCH3 is 2. The van der Waals surface area contributed by atoms with Crippen LogP contribution in [-0.2, 0) is 6.54 Å². The molecule has 102 valence electrons. The number of imidazole rings is 1. The second-order valence-corrected chi connectivity index (χ2v) is 4.14. The van der Waals surface area contributed by atoms with E-state index in [1.54, 1.807) is 14.2 Å². The Morgan fingerprint density at radius 2 is 2.11 bits per heavy atom. The first-order valence-corrected chi connectivity index (χ1v) is 6.17. The molecule has 0 saturated heterocycles. The van der Waals surface area contributed by atoms with Gasteiger partial charge < -0.3 is 19.4 Å². The van der Waals surface area contributed by atoms with Crippen molar-refractivity contribution < 1.29 is 9.47 Å². The van der Waals surface area contributed by atoms with Gasteiger partial charge in [-0.05, 0) is 19.2 Å². The molecule has 0 aliphatic rings. The summed E-state index contributed by atoms with van der Waals surface area (Å²) >= 11 is 0. The van der Waals surface area contributed by atoms with Crippen molar-refractivity contribution in [1.29, 1.82) is 0 Å². The number of aromatic nitrogens is 2. The van der Waals surface area contributed by atoms with Gasteiger partial charge in [0.15, 0.2) is 0 Å². The fourth-order valence-corrected chi connectivity index (χ4v) is 1.97. The summed E-state index contributed by atoms with van der Waals surface area (Å²) in [6.45, 7) is 1.75. The SMILES string of the molecule is CNCCn1cncc1-c1ccc(OC)cc1OC. The van der Waals surface area contributed by atoms with Crippen LogP contribution in [0.2, 0.25) is 0 Å². The molecule has 5 nitrogen and oxygen atoms in total. The standard InChI is InChI=1S/C14H19N3O2/c1-15-6-7-17-10-16-9-13(17)12-5-4-11(18-2)8-14(12)19-3/h4-5,8-10,15H,6-7H2,1-3H3. The smallest absolute Gasteiger partial charge is 0.131 e. The molecule has 1 aromatic heterocycles. The Labute approximate surface area is 113 Å². The van der Waals surface area contributed by atoms with E-state index in [0.29, 0.717) is 0 Å². The number of hydrogen-bond donors (Lipinski definition) is 1. The number of nitrogens with one attached hydrogen (secondary N) is 1. The van der Waals surface area contributed by atoms with Gasteiger partial charge in [0.2, 0.25) is 0 Å². The van der Waals surface area contributed by atoms with Crippen LogP contribution in [0.5, 0.6) is 11.5 Å². The van der Waals surface area contributed by atoms with Crippen molar-refractivity contribution in [2.24, 2.45) is 0 Å². The lowest BCUT2D eigenvalue weighted by Gasteiger charge is -2.12. The van der Waals surface area contributed by atoms with E-state index < -0.39 is 0 Å². The highest BCUT2D eigenvalue weighted by molar-refractivity contribution is 5.68. The van der Waals surface area contributed by atoms with Crippen LogP contribution in [0.15, 0.2) is 30.7 Å². The molecule has 0 aliphatic heterocycles. The van der Waals surface area contributed by atoms with Gasteiger partial charge in [-0.1, -0.05) is 0 Å². The summed E-state index contributed by atoms with van der Waals surface area (Å²) in [5.41, 5.74) is 2.05. The van der Waals surface area contributed by atoms with Crippen molar-refractivity contribution in [1.82, 2.24) is 14.9 Å². The zero-order chi connectivity index (χ0) is 13.7. The van der Waals surface area contributed by atoms with Gasteiger partial charge in [-0.15, -0.1) is 0 Å². The quantitative estimate of drug-likeness (QED) is 0.861. The van der Waals surface area contributed by atoms with Crippen molar-refractivity contribution in [2.45, 2.75) is 6.54 Å². The number of ether oxygens (including phenoxy) is 2. The third-order valence-electron chi connectivity index (χ3n) is 3.00. The van der Waals surface area contributed by atoms with Crippen molar-refractivity contribution in [3.63, 3.8) is 0 Å². The Morgan fingerprint density at radius 3 is 2.79 bits per heavy atom. The van der Waals surface area contributed by atoms with Gasteiger partial charge in [0.1, 0.15) is 11.5 Å². The van der Waals surface area contributed by atoms with Gasteiger partial charge in [-0.2, -0.15) is 0 Å². The molecule has 2 aromatic rings. The topological polar surface area (TPSA) is 48.3 Å². The van der Waals surface area contributed by atoms with Gasteiger partial charge in [0, 0.05) is 24.7 Å². The number of nitrogens with zero attached hydrogens (tertiary/aromatic N) is 2. The minimum Gasteiger partial charge on any atom is -0.497 e. The fourth-order valence-electron chi connectivity index (χ4n) is 1.97. The molecule has 0 aliphatic carbocycles. The Morgan fingerprint density at radius 1 is 1.26 bits per heavy atom. The van der Waals surface area contributed by atoms with Gasteiger partial charge in [-0.3, -0.25) is 0 Å². The van der Waals surface area contributed by atoms with Crippen LogP contribution in [0, 0.1) is 0 Å². The maximum atomic E-state index is 5.43. The normalized spacial score (nSPS) is 10.5. The third-order valence-corrected chi connectivity index (χ3v) is 3.00. The molecule has 0 saturated carbocycles. The van der Waals surface area contributed by atoms with Crippen molar-refractivity contribution in [3.8, 4) is 22.8 Å². The number of likely N-dealkylation sites (N-methyl/N-ethyl adjacent to an activating group) is 1. The summed E-state index contributed by atoms with van der Waals surface area (Å²) in [7, 11) is 5.24. The Kier molecular flexibility index (Phi) is 4.41. The predicted molar refractivity (Wildman–Crippen MR) is 74.7 cm³/mol. The van der Waals surface area contributed by atoms with E-state index in [2.05, 4.69) is 14.9 Å². The molecule has 0 radical (unpaired) electrons. The molecular weight excluding hydrogens is 242 g/mol. The predicted octanol–water partition coefficient (Wildman–Crippen LogP) is 1.79. The lowest BCUT2D eigenvalue weighted by atomic mass is 10.1. The van der Waals surface area contributed by atoms with Crippen LogP contribution in [0.25, 0.3) is 11.3 Å². The average Bonchev–Trinajstić information content (AvgIpc) is 2.92. The summed E-state index contributed by atoms with van der Waals surface area (Å²) in [6, 6.07) is 5.79. The summed E-state index contributed by atoms with van der Waals surface area (Å²) in [6.07, 6.45) is 3.68. The average molecular weight is 261 g/mol. The van der Waals surface area contributed by atoms with Crippen LogP contribution in [0.3, 0.4) is 0 Å². The van der Waals surface area contributed by atoms with Crippen molar-refractivity contribution >= 4 is 0 Å². The summed E-state index contributed by atoms with van der Waals surface area (Å²) in [5.74, 6) is 1.56. The van der Waals surface area contributed by atoms with Gasteiger partial charge in [0.25, 0.3) is 0 Å². The van der Waals surface area contributed by atoms with Crippen LogP contribution in [0.1, 0.15) is 0 Å². The van der Waals surface area contributed by atoms with Gasteiger partial charge in [0.05, 0.1) is 32.4 Å². The summed E-state index contributed by atoms with van der Waals surface area (Å²) in [4.78, 5) is 4.22. The van der Waals surface area contributed by atoms with E-state index in [0.717, 1.165) is 35.8 Å². The molecule has 0 unspecified atom stereocenters. The molecule has 1 N–H and O–H groups in total. The lowest BCUT2D eigenvalue weighted by Crippen LogP contribution is -2.15. The number of rotatable bonds is 6. The zero-order valence-electron chi connectivity index (χ0n) is 11.5. The van der Waals surface area contributed by atoms with Crippen molar-refractivity contribution in [3.05, 3.63) is 30.7 Å². The Bertz CT molecular complexity index is 537.